The maximum atomic E-state index is 12.4. The Bertz CT molecular complexity index is 775. The topological polar surface area (TPSA) is 125 Å². The summed E-state index contributed by atoms with van der Waals surface area (Å²) in [7, 11) is 0. The smallest absolute Gasteiger partial charge is 0.254 e. The molecule has 1 fully saturated rings. The van der Waals surface area contributed by atoms with Crippen LogP contribution in [-0.4, -0.2) is 43.8 Å². The molecule has 0 aliphatic carbocycles. The normalized spacial score (nSPS) is 13.6. The number of rotatable bonds is 5. The highest BCUT2D eigenvalue weighted by Crippen LogP contribution is 2.18. The van der Waals surface area contributed by atoms with Crippen LogP contribution in [0.2, 0.25) is 0 Å². The lowest BCUT2D eigenvalue weighted by atomic mass is 10.1. The highest BCUT2D eigenvalue weighted by atomic mass is 16.5. The fraction of sp³-hybridized carbons (Fsp3) is 0.294. The second-order valence-electron chi connectivity index (χ2n) is 5.15. The van der Waals surface area contributed by atoms with Crippen molar-refractivity contribution in [2.75, 3.05) is 38.3 Å². The molecule has 1 aliphatic rings. The van der Waals surface area contributed by atoms with E-state index in [9.17, 15) is 4.79 Å². The maximum absolute atomic E-state index is 12.4. The van der Waals surface area contributed by atoms with E-state index in [-0.39, 0.29) is 17.2 Å². The van der Waals surface area contributed by atoms with Crippen molar-refractivity contribution in [1.82, 2.24) is 10.2 Å². The quantitative estimate of drug-likeness (QED) is 0.767. The molecule has 0 aromatic heterocycles. The summed E-state index contributed by atoms with van der Waals surface area (Å²) in [5.41, 5.74) is 0.129. The van der Waals surface area contributed by atoms with Crippen LogP contribution in [0, 0.1) is 34.0 Å². The van der Waals surface area contributed by atoms with Crippen LogP contribution in [0.15, 0.2) is 35.5 Å². The van der Waals surface area contributed by atoms with Crippen molar-refractivity contribution >= 4 is 11.6 Å². The van der Waals surface area contributed by atoms with Crippen molar-refractivity contribution in [3.63, 3.8) is 0 Å². The Balaban J connectivity index is 2.13. The minimum absolute atomic E-state index is 0.196. The van der Waals surface area contributed by atoms with Gasteiger partial charge in [-0.25, -0.2) is 0 Å². The molecule has 1 heterocycles. The number of anilines is 1. The average Bonchev–Trinajstić information content (AvgIpc) is 2.67. The molecule has 2 N–H and O–H groups in total. The van der Waals surface area contributed by atoms with E-state index < -0.39 is 0 Å². The van der Waals surface area contributed by atoms with Crippen LogP contribution >= 0.6 is 0 Å². The molecule has 1 aromatic rings. The molecule has 8 nitrogen and oxygen atoms in total. The summed E-state index contributed by atoms with van der Waals surface area (Å²) < 4.78 is 5.26. The molecule has 0 radical (unpaired) electrons. The van der Waals surface area contributed by atoms with Gasteiger partial charge in [0.25, 0.3) is 5.91 Å². The van der Waals surface area contributed by atoms with Crippen molar-refractivity contribution in [1.29, 1.82) is 15.8 Å². The van der Waals surface area contributed by atoms with Crippen molar-refractivity contribution in [3.05, 3.63) is 41.1 Å². The Morgan fingerprint density at radius 1 is 1.12 bits per heavy atom. The molecular weight excluding hydrogens is 320 g/mol. The number of nitriles is 3. The first-order valence-electron chi connectivity index (χ1n) is 7.58. The number of hydrogen-bond acceptors (Lipinski definition) is 7. The molecule has 0 atom stereocenters. The fourth-order valence-corrected chi connectivity index (χ4v) is 2.25. The SMILES string of the molecule is N#CC(C#N)=C(C#N)Nc1ccccc1C(=O)NCN1CCOCC1. The van der Waals surface area contributed by atoms with Gasteiger partial charge in [-0.1, -0.05) is 12.1 Å². The number of nitrogens with zero attached hydrogens (tertiary/aromatic N) is 4. The molecule has 1 aromatic carbocycles. The Labute approximate surface area is 145 Å². The van der Waals surface area contributed by atoms with Gasteiger partial charge in [-0.3, -0.25) is 9.69 Å². The van der Waals surface area contributed by atoms with Gasteiger partial charge >= 0.3 is 0 Å². The summed E-state index contributed by atoms with van der Waals surface area (Å²) in [6, 6.07) is 11.7. The summed E-state index contributed by atoms with van der Waals surface area (Å²) in [6.45, 7) is 3.15. The van der Waals surface area contributed by atoms with Gasteiger partial charge < -0.3 is 15.4 Å². The third kappa shape index (κ3) is 4.79. The summed E-state index contributed by atoms with van der Waals surface area (Å²) in [5.74, 6) is -0.317. The number of para-hydroxylation sites is 1. The van der Waals surface area contributed by atoms with Gasteiger partial charge in [-0.15, -0.1) is 0 Å². The Hall–Kier alpha value is -3.38. The summed E-state index contributed by atoms with van der Waals surface area (Å²) >= 11 is 0. The first-order valence-corrected chi connectivity index (χ1v) is 7.58. The molecule has 1 amide bonds. The number of allylic oxidation sites excluding steroid dienone is 2. The van der Waals surface area contributed by atoms with Crippen LogP contribution in [0.1, 0.15) is 10.4 Å². The Morgan fingerprint density at radius 3 is 2.44 bits per heavy atom. The van der Waals surface area contributed by atoms with E-state index in [1.165, 1.54) is 0 Å². The van der Waals surface area contributed by atoms with Crippen LogP contribution < -0.4 is 10.6 Å². The van der Waals surface area contributed by atoms with Crippen LogP contribution in [0.5, 0.6) is 0 Å². The van der Waals surface area contributed by atoms with Crippen LogP contribution in [-0.2, 0) is 4.74 Å². The number of hydrogen-bond donors (Lipinski definition) is 2. The molecular formula is C17H16N6O2. The van der Waals surface area contributed by atoms with Crippen LogP contribution in [0.4, 0.5) is 5.69 Å². The van der Waals surface area contributed by atoms with E-state index in [1.54, 1.807) is 42.5 Å². The van der Waals surface area contributed by atoms with Crippen molar-refractivity contribution in [2.24, 2.45) is 0 Å². The minimum atomic E-state index is -0.342. The van der Waals surface area contributed by atoms with Gasteiger partial charge in [0.1, 0.15) is 23.9 Å². The lowest BCUT2D eigenvalue weighted by Crippen LogP contribution is -2.43. The van der Waals surface area contributed by atoms with Crippen molar-refractivity contribution in [2.45, 2.75) is 0 Å². The average molecular weight is 336 g/mol. The second-order valence-corrected chi connectivity index (χ2v) is 5.15. The summed E-state index contributed by atoms with van der Waals surface area (Å²) in [4.78, 5) is 14.5. The zero-order valence-corrected chi connectivity index (χ0v) is 13.5. The summed E-state index contributed by atoms with van der Waals surface area (Å²) in [6.07, 6.45) is 0. The molecule has 0 saturated carbocycles. The van der Waals surface area contributed by atoms with Gasteiger partial charge in [0, 0.05) is 13.1 Å². The molecule has 0 bridgehead atoms. The highest BCUT2D eigenvalue weighted by Gasteiger charge is 2.16. The molecule has 0 unspecified atom stereocenters. The van der Waals surface area contributed by atoms with Gasteiger partial charge in [-0.2, -0.15) is 15.8 Å². The molecule has 126 valence electrons. The zero-order chi connectivity index (χ0) is 18.1. The number of nitrogens with one attached hydrogen (secondary N) is 2. The van der Waals surface area contributed by atoms with Gasteiger partial charge in [-0.05, 0) is 12.1 Å². The van der Waals surface area contributed by atoms with E-state index in [4.69, 9.17) is 20.5 Å². The first-order chi connectivity index (χ1) is 12.2. The fourth-order valence-electron chi connectivity index (χ4n) is 2.25. The number of benzene rings is 1. The highest BCUT2D eigenvalue weighted by molar-refractivity contribution is 6.00. The lowest BCUT2D eigenvalue weighted by molar-refractivity contribution is 0.0334. The molecule has 1 aliphatic heterocycles. The predicted octanol–water partition coefficient (Wildman–Crippen LogP) is 0.943. The molecule has 1 saturated heterocycles. The van der Waals surface area contributed by atoms with E-state index in [2.05, 4.69) is 15.5 Å². The maximum Gasteiger partial charge on any atom is 0.254 e. The minimum Gasteiger partial charge on any atom is -0.379 e. The van der Waals surface area contributed by atoms with Crippen LogP contribution in [0.25, 0.3) is 0 Å². The van der Waals surface area contributed by atoms with Crippen molar-refractivity contribution < 1.29 is 9.53 Å². The number of ether oxygens (including phenoxy) is 1. The lowest BCUT2D eigenvalue weighted by Gasteiger charge is -2.26. The number of amides is 1. The monoisotopic (exact) mass is 336 g/mol. The predicted molar refractivity (Wildman–Crippen MR) is 88.7 cm³/mol. The molecule has 2 rings (SSSR count). The standard InChI is InChI=1S/C17H16N6O2/c18-9-13(10-19)16(11-20)22-15-4-2-1-3-14(15)17(24)21-12-23-5-7-25-8-6-23/h1-4,22H,5-8,12H2,(H,21,24). The second kappa shape index (κ2) is 9.05. The van der Waals surface area contributed by atoms with E-state index in [0.29, 0.717) is 31.1 Å². The van der Waals surface area contributed by atoms with Gasteiger partial charge in [0.2, 0.25) is 0 Å². The number of carbonyl (C=O) groups excluding carboxylic acids is 1. The molecule has 0 spiro atoms. The molecule has 8 heteroatoms. The van der Waals surface area contributed by atoms with E-state index in [1.807, 2.05) is 0 Å². The first kappa shape index (κ1) is 18.0. The van der Waals surface area contributed by atoms with Crippen LogP contribution in [0.3, 0.4) is 0 Å². The van der Waals surface area contributed by atoms with E-state index >= 15 is 0 Å². The number of carbonyl (C=O) groups is 1. The number of morpholine rings is 1. The van der Waals surface area contributed by atoms with Gasteiger partial charge in [0.15, 0.2) is 5.57 Å². The van der Waals surface area contributed by atoms with Gasteiger partial charge in [0.05, 0.1) is 31.1 Å². The Kier molecular flexibility index (Phi) is 6.50. The summed E-state index contributed by atoms with van der Waals surface area (Å²) in [5, 5.41) is 32.4. The Morgan fingerprint density at radius 2 is 1.80 bits per heavy atom. The third-order valence-electron chi connectivity index (χ3n) is 3.58. The molecule has 25 heavy (non-hydrogen) atoms. The largest absolute Gasteiger partial charge is 0.379 e. The zero-order valence-electron chi connectivity index (χ0n) is 13.5. The third-order valence-corrected chi connectivity index (χ3v) is 3.58. The van der Waals surface area contributed by atoms with E-state index in [0.717, 1.165) is 13.1 Å². The van der Waals surface area contributed by atoms with Crippen molar-refractivity contribution in [3.8, 4) is 18.2 Å².